The van der Waals surface area contributed by atoms with Crippen molar-refractivity contribution in [3.63, 3.8) is 0 Å². The van der Waals surface area contributed by atoms with Crippen molar-refractivity contribution in [3.05, 3.63) is 80.5 Å². The Morgan fingerprint density at radius 2 is 1.78 bits per heavy atom. The second-order valence-corrected chi connectivity index (χ2v) is 12.3. The van der Waals surface area contributed by atoms with Crippen LogP contribution in [-0.4, -0.2) is 44.9 Å². The summed E-state index contributed by atoms with van der Waals surface area (Å²) in [6.07, 6.45) is 2.81. The molecule has 0 fully saturated rings. The Kier molecular flexibility index (Phi) is 7.08. The summed E-state index contributed by atoms with van der Waals surface area (Å²) in [6.45, 7) is 5.72. The highest BCUT2D eigenvalue weighted by molar-refractivity contribution is 7.89. The zero-order valence-corrected chi connectivity index (χ0v) is 24.8. The van der Waals surface area contributed by atoms with Crippen molar-refractivity contribution in [2.24, 2.45) is 14.1 Å². The molecule has 13 heteroatoms. The molecular formula is C28H28ClN7O4S. The third-order valence-electron chi connectivity index (χ3n) is 6.86. The smallest absolute Gasteiger partial charge is 0.285 e. The molecule has 0 spiro atoms. The summed E-state index contributed by atoms with van der Waals surface area (Å²) in [5, 5.41) is 9.15. The number of halogens is 1. The number of nitrogens with one attached hydrogen (secondary N) is 2. The van der Waals surface area contributed by atoms with E-state index in [0.717, 1.165) is 33.8 Å². The fraction of sp³-hybridized carbons (Fsp3) is 0.250. The number of pyridine rings is 1. The zero-order chi connectivity index (χ0) is 29.8. The quantitative estimate of drug-likeness (QED) is 0.281. The molecule has 1 amide bonds. The van der Waals surface area contributed by atoms with E-state index in [9.17, 15) is 18.0 Å². The molecule has 0 aliphatic heterocycles. The molecular weight excluding hydrogens is 566 g/mol. The molecule has 212 valence electrons. The SMILES string of the molecule is Cc1cc([C@@H](C)Nc2ccc(Cl)nc2C(=O)NS(C)(=O)=O)c2nc(-c3ccc4nn(C)cc4c3C)n(C)c(=O)c2c1. The van der Waals surface area contributed by atoms with E-state index in [1.165, 1.54) is 6.07 Å². The average molecular weight is 594 g/mol. The van der Waals surface area contributed by atoms with Crippen molar-refractivity contribution in [1.29, 1.82) is 0 Å². The monoisotopic (exact) mass is 593 g/mol. The first-order chi connectivity index (χ1) is 19.2. The Morgan fingerprint density at radius 3 is 2.49 bits per heavy atom. The molecule has 0 radical (unpaired) electrons. The predicted octanol–water partition coefficient (Wildman–Crippen LogP) is 4.01. The lowest BCUT2D eigenvalue weighted by atomic mass is 9.99. The molecule has 2 N–H and O–H groups in total. The minimum Gasteiger partial charge on any atom is -0.377 e. The Labute approximate surface area is 241 Å². The van der Waals surface area contributed by atoms with Gasteiger partial charge in [0.15, 0.2) is 5.69 Å². The molecule has 0 saturated heterocycles. The molecule has 0 aliphatic carbocycles. The van der Waals surface area contributed by atoms with Crippen LogP contribution >= 0.6 is 11.6 Å². The summed E-state index contributed by atoms with van der Waals surface area (Å²) in [6, 6.07) is 10.1. The van der Waals surface area contributed by atoms with E-state index in [1.54, 1.807) is 28.4 Å². The van der Waals surface area contributed by atoms with Crippen LogP contribution in [0.2, 0.25) is 5.15 Å². The largest absolute Gasteiger partial charge is 0.377 e. The van der Waals surface area contributed by atoms with Gasteiger partial charge in [0.25, 0.3) is 11.5 Å². The van der Waals surface area contributed by atoms with Gasteiger partial charge in [-0.1, -0.05) is 17.7 Å². The summed E-state index contributed by atoms with van der Waals surface area (Å²) in [7, 11) is -0.274. The van der Waals surface area contributed by atoms with E-state index in [-0.39, 0.29) is 22.1 Å². The van der Waals surface area contributed by atoms with Gasteiger partial charge in [0.1, 0.15) is 11.0 Å². The number of rotatable bonds is 6. The highest BCUT2D eigenvalue weighted by atomic mass is 35.5. The number of hydrogen-bond donors (Lipinski definition) is 2. The van der Waals surface area contributed by atoms with Crippen LogP contribution in [0.4, 0.5) is 5.69 Å². The average Bonchev–Trinajstić information content (AvgIpc) is 3.28. The maximum atomic E-state index is 13.7. The van der Waals surface area contributed by atoms with Gasteiger partial charge in [0.05, 0.1) is 34.4 Å². The number of aromatic nitrogens is 5. The maximum absolute atomic E-state index is 13.7. The third-order valence-corrected chi connectivity index (χ3v) is 7.63. The lowest BCUT2D eigenvalue weighted by Crippen LogP contribution is -2.31. The second-order valence-electron chi connectivity index (χ2n) is 10.1. The van der Waals surface area contributed by atoms with Crippen LogP contribution < -0.4 is 15.6 Å². The summed E-state index contributed by atoms with van der Waals surface area (Å²) in [5.74, 6) is -0.418. The number of carbonyl (C=O) groups is 1. The Balaban J connectivity index is 1.65. The van der Waals surface area contributed by atoms with Gasteiger partial charge in [0.2, 0.25) is 10.0 Å². The van der Waals surface area contributed by atoms with Gasteiger partial charge in [0, 0.05) is 36.8 Å². The lowest BCUT2D eigenvalue weighted by Gasteiger charge is -2.21. The number of amides is 1. The highest BCUT2D eigenvalue weighted by Crippen LogP contribution is 2.32. The number of sulfonamides is 1. The van der Waals surface area contributed by atoms with Crippen LogP contribution in [0.25, 0.3) is 33.2 Å². The third kappa shape index (κ3) is 5.40. The molecule has 0 aliphatic rings. The van der Waals surface area contributed by atoms with Crippen molar-refractivity contribution in [1.82, 2.24) is 29.0 Å². The van der Waals surface area contributed by atoms with Gasteiger partial charge >= 0.3 is 0 Å². The summed E-state index contributed by atoms with van der Waals surface area (Å²) < 4.78 is 28.6. The van der Waals surface area contributed by atoms with Crippen LogP contribution in [-0.2, 0) is 24.1 Å². The van der Waals surface area contributed by atoms with Crippen LogP contribution in [0.3, 0.4) is 0 Å². The fourth-order valence-corrected chi connectivity index (χ4v) is 5.55. The molecule has 1 atom stereocenters. The Hall–Kier alpha value is -4.29. The summed E-state index contributed by atoms with van der Waals surface area (Å²) in [4.78, 5) is 35.4. The number of aryl methyl sites for hydroxylation is 3. The zero-order valence-electron chi connectivity index (χ0n) is 23.3. The molecule has 0 bridgehead atoms. The minimum absolute atomic E-state index is 0.0265. The molecule has 11 nitrogen and oxygen atoms in total. The van der Waals surface area contributed by atoms with Gasteiger partial charge in [-0.2, -0.15) is 5.10 Å². The second kappa shape index (κ2) is 10.3. The van der Waals surface area contributed by atoms with Crippen LogP contribution in [0.1, 0.15) is 40.1 Å². The van der Waals surface area contributed by atoms with Gasteiger partial charge in [-0.3, -0.25) is 18.8 Å². The van der Waals surface area contributed by atoms with Crippen molar-refractivity contribution < 1.29 is 13.2 Å². The molecule has 0 saturated carbocycles. The van der Waals surface area contributed by atoms with E-state index < -0.39 is 22.0 Å². The standard InChI is InChI=1S/C28H28ClN7O4S/c1-14-11-18(16(3)30-22-9-10-23(29)31-25(22)27(37)34-41(6,39)40)24-19(12-14)28(38)36(5)26(32-24)17-7-8-21-20(15(17)2)13-35(4)33-21/h7-13,16,30H,1-6H3,(H,34,37)/t16-/m1/s1. The fourth-order valence-electron chi connectivity index (χ4n) is 4.97. The van der Waals surface area contributed by atoms with Crippen molar-refractivity contribution in [2.75, 3.05) is 11.6 Å². The minimum atomic E-state index is -3.83. The number of anilines is 1. The number of carbonyl (C=O) groups excluding carboxylic acids is 1. The summed E-state index contributed by atoms with van der Waals surface area (Å²) >= 11 is 6.02. The number of benzene rings is 2. The molecule has 3 aromatic heterocycles. The van der Waals surface area contributed by atoms with Crippen LogP contribution in [0.5, 0.6) is 0 Å². The topological polar surface area (TPSA) is 141 Å². The van der Waals surface area contributed by atoms with Gasteiger partial charge in [-0.25, -0.2) is 23.1 Å². The molecule has 0 unspecified atom stereocenters. The Bertz CT molecular complexity index is 2050. The maximum Gasteiger partial charge on any atom is 0.285 e. The van der Waals surface area contributed by atoms with E-state index >= 15 is 0 Å². The van der Waals surface area contributed by atoms with Crippen molar-refractivity contribution >= 4 is 55.0 Å². The van der Waals surface area contributed by atoms with Crippen LogP contribution in [0.15, 0.2) is 47.4 Å². The molecule has 3 heterocycles. The number of nitrogens with zero attached hydrogens (tertiary/aromatic N) is 5. The first-order valence-electron chi connectivity index (χ1n) is 12.6. The van der Waals surface area contributed by atoms with E-state index in [2.05, 4.69) is 15.4 Å². The Morgan fingerprint density at radius 1 is 1.05 bits per heavy atom. The first-order valence-corrected chi connectivity index (χ1v) is 14.9. The number of fused-ring (bicyclic) bond motifs is 2. The molecule has 2 aromatic carbocycles. The lowest BCUT2D eigenvalue weighted by molar-refractivity contribution is 0.0977. The normalized spacial score (nSPS) is 12.6. The van der Waals surface area contributed by atoms with Crippen LogP contribution in [0, 0.1) is 13.8 Å². The number of hydrogen-bond acceptors (Lipinski definition) is 8. The van der Waals surface area contributed by atoms with Gasteiger partial charge in [-0.05, 0) is 62.2 Å². The van der Waals surface area contributed by atoms with E-state index in [4.69, 9.17) is 16.6 Å². The van der Waals surface area contributed by atoms with E-state index in [1.807, 2.05) is 56.9 Å². The molecule has 5 aromatic rings. The first kappa shape index (κ1) is 28.2. The van der Waals surface area contributed by atoms with Crippen molar-refractivity contribution in [3.8, 4) is 11.4 Å². The highest BCUT2D eigenvalue weighted by Gasteiger charge is 2.22. The van der Waals surface area contributed by atoms with Crippen molar-refractivity contribution in [2.45, 2.75) is 26.8 Å². The van der Waals surface area contributed by atoms with Gasteiger partial charge in [-0.15, -0.1) is 0 Å². The molecule has 5 rings (SSSR count). The molecule has 41 heavy (non-hydrogen) atoms. The van der Waals surface area contributed by atoms with E-state index in [0.29, 0.717) is 22.3 Å². The van der Waals surface area contributed by atoms with Gasteiger partial charge < -0.3 is 5.32 Å². The predicted molar refractivity (Wildman–Crippen MR) is 160 cm³/mol. The summed E-state index contributed by atoms with van der Waals surface area (Å²) in [5.41, 5.74) is 4.55.